The summed E-state index contributed by atoms with van der Waals surface area (Å²) in [5, 5.41) is 18.6. The second-order valence-corrected chi connectivity index (χ2v) is 5.27. The van der Waals surface area contributed by atoms with Gasteiger partial charge < -0.3 is 10.2 Å². The van der Waals surface area contributed by atoms with E-state index in [2.05, 4.69) is 15.9 Å². The molecule has 0 unspecified atom stereocenters. The van der Waals surface area contributed by atoms with Crippen LogP contribution in [-0.4, -0.2) is 22.2 Å². The molecule has 0 saturated carbocycles. The summed E-state index contributed by atoms with van der Waals surface area (Å²) in [5.41, 5.74) is 1.83. The largest absolute Gasteiger partial charge is 0.478 e. The van der Waals surface area contributed by atoms with Crippen molar-refractivity contribution < 1.29 is 24.2 Å². The van der Waals surface area contributed by atoms with Crippen LogP contribution in [0.3, 0.4) is 0 Å². The number of halogens is 2. The molecule has 0 heterocycles. The number of benzene rings is 2. The SMILES string of the molecule is O=C(O)c1ccc(Cc2ccc(F)cc2CBr)c(C(=O)O)c1. The highest BCUT2D eigenvalue weighted by molar-refractivity contribution is 9.08. The summed E-state index contributed by atoms with van der Waals surface area (Å²) >= 11 is 3.27. The van der Waals surface area contributed by atoms with E-state index >= 15 is 0 Å². The second-order valence-electron chi connectivity index (χ2n) is 4.71. The van der Waals surface area contributed by atoms with Gasteiger partial charge in [0.15, 0.2) is 0 Å². The van der Waals surface area contributed by atoms with Gasteiger partial charge in [-0.15, -0.1) is 0 Å². The van der Waals surface area contributed by atoms with Crippen LogP contribution in [0.5, 0.6) is 0 Å². The molecule has 2 rings (SSSR count). The first-order chi connectivity index (χ1) is 10.4. The highest BCUT2D eigenvalue weighted by Crippen LogP contribution is 2.21. The first-order valence-corrected chi connectivity index (χ1v) is 7.47. The van der Waals surface area contributed by atoms with Gasteiger partial charge in [0.2, 0.25) is 0 Å². The molecule has 4 nitrogen and oxygen atoms in total. The molecule has 0 bridgehead atoms. The Balaban J connectivity index is 2.45. The molecule has 0 aliphatic heterocycles. The van der Waals surface area contributed by atoms with E-state index < -0.39 is 11.9 Å². The molecule has 6 heteroatoms. The average Bonchev–Trinajstić information content (AvgIpc) is 2.48. The van der Waals surface area contributed by atoms with Gasteiger partial charge in [0.1, 0.15) is 5.82 Å². The Bertz CT molecular complexity index is 743. The first-order valence-electron chi connectivity index (χ1n) is 6.35. The van der Waals surface area contributed by atoms with Gasteiger partial charge in [-0.05, 0) is 47.4 Å². The molecule has 2 N–H and O–H groups in total. The van der Waals surface area contributed by atoms with E-state index in [9.17, 15) is 19.1 Å². The third-order valence-electron chi connectivity index (χ3n) is 3.28. The van der Waals surface area contributed by atoms with Gasteiger partial charge in [-0.25, -0.2) is 14.0 Å². The number of hydrogen-bond acceptors (Lipinski definition) is 2. The number of carboxylic acids is 2. The van der Waals surface area contributed by atoms with Gasteiger partial charge in [-0.1, -0.05) is 28.1 Å². The van der Waals surface area contributed by atoms with E-state index in [1.54, 1.807) is 6.07 Å². The number of hydrogen-bond donors (Lipinski definition) is 2. The molecule has 0 spiro atoms. The maximum Gasteiger partial charge on any atom is 0.336 e. The molecule has 0 amide bonds. The quantitative estimate of drug-likeness (QED) is 0.791. The lowest BCUT2D eigenvalue weighted by atomic mass is 9.95. The van der Waals surface area contributed by atoms with Crippen molar-refractivity contribution in [1.29, 1.82) is 0 Å². The van der Waals surface area contributed by atoms with Crippen molar-refractivity contribution in [2.75, 3.05) is 0 Å². The normalized spacial score (nSPS) is 10.5. The standard InChI is InChI=1S/C16H12BrFO4/c17-8-12-6-13(18)4-3-9(12)5-10-1-2-11(15(19)20)7-14(10)16(21)22/h1-4,6-7H,5,8H2,(H,19,20)(H,21,22). The van der Waals surface area contributed by atoms with Gasteiger partial charge in [0.25, 0.3) is 0 Å². The average molecular weight is 367 g/mol. The van der Waals surface area contributed by atoms with Gasteiger partial charge >= 0.3 is 11.9 Å². The van der Waals surface area contributed by atoms with Crippen molar-refractivity contribution in [2.24, 2.45) is 0 Å². The number of aromatic carboxylic acids is 2. The van der Waals surface area contributed by atoms with Crippen molar-refractivity contribution in [3.63, 3.8) is 0 Å². The molecular weight excluding hydrogens is 355 g/mol. The van der Waals surface area contributed by atoms with Crippen molar-refractivity contribution in [3.05, 3.63) is 70.0 Å². The number of carbonyl (C=O) groups is 2. The minimum absolute atomic E-state index is 0.0650. The summed E-state index contributed by atoms with van der Waals surface area (Å²) in [6.45, 7) is 0. The Morgan fingerprint density at radius 2 is 1.64 bits per heavy atom. The predicted molar refractivity (Wildman–Crippen MR) is 82.2 cm³/mol. The molecular formula is C16H12BrFO4. The van der Waals surface area contributed by atoms with Crippen molar-refractivity contribution in [3.8, 4) is 0 Å². The van der Waals surface area contributed by atoms with Crippen LogP contribution in [0.15, 0.2) is 36.4 Å². The number of alkyl halides is 1. The molecule has 0 aromatic heterocycles. The second kappa shape index (κ2) is 6.70. The van der Waals surface area contributed by atoms with Crippen molar-refractivity contribution >= 4 is 27.9 Å². The van der Waals surface area contributed by atoms with E-state index in [4.69, 9.17) is 5.11 Å². The van der Waals surface area contributed by atoms with E-state index in [-0.39, 0.29) is 23.4 Å². The maximum atomic E-state index is 13.2. The van der Waals surface area contributed by atoms with E-state index in [0.717, 1.165) is 17.2 Å². The van der Waals surface area contributed by atoms with Crippen LogP contribution in [0, 0.1) is 5.82 Å². The van der Waals surface area contributed by atoms with Gasteiger partial charge in [-0.2, -0.15) is 0 Å². The molecule has 0 radical (unpaired) electrons. The lowest BCUT2D eigenvalue weighted by molar-refractivity contribution is 0.0695. The molecule has 22 heavy (non-hydrogen) atoms. The Morgan fingerprint density at radius 3 is 2.23 bits per heavy atom. The summed E-state index contributed by atoms with van der Waals surface area (Å²) in [4.78, 5) is 22.3. The third kappa shape index (κ3) is 3.51. The summed E-state index contributed by atoms with van der Waals surface area (Å²) in [7, 11) is 0. The fourth-order valence-electron chi connectivity index (χ4n) is 2.16. The van der Waals surface area contributed by atoms with Crippen LogP contribution in [0.2, 0.25) is 0 Å². The Kier molecular flexibility index (Phi) is 4.92. The minimum atomic E-state index is -1.19. The van der Waals surface area contributed by atoms with Crippen LogP contribution in [-0.2, 0) is 11.8 Å². The molecule has 0 fully saturated rings. The Labute approximate surface area is 134 Å². The van der Waals surface area contributed by atoms with E-state index in [1.165, 1.54) is 24.3 Å². The highest BCUT2D eigenvalue weighted by Gasteiger charge is 2.15. The predicted octanol–water partition coefficient (Wildman–Crippen LogP) is 3.71. The molecule has 0 atom stereocenters. The molecule has 114 valence electrons. The first kappa shape index (κ1) is 16.2. The third-order valence-corrected chi connectivity index (χ3v) is 3.88. The minimum Gasteiger partial charge on any atom is -0.478 e. The van der Waals surface area contributed by atoms with Gasteiger partial charge in [-0.3, -0.25) is 0 Å². The van der Waals surface area contributed by atoms with Crippen LogP contribution in [0.1, 0.15) is 37.4 Å². The van der Waals surface area contributed by atoms with Crippen LogP contribution in [0.25, 0.3) is 0 Å². The topological polar surface area (TPSA) is 74.6 Å². The van der Waals surface area contributed by atoms with E-state index in [0.29, 0.717) is 10.9 Å². The number of rotatable bonds is 5. The fourth-order valence-corrected chi connectivity index (χ4v) is 2.68. The zero-order valence-electron chi connectivity index (χ0n) is 11.3. The van der Waals surface area contributed by atoms with E-state index in [1.807, 2.05) is 0 Å². The van der Waals surface area contributed by atoms with Crippen LogP contribution >= 0.6 is 15.9 Å². The maximum absolute atomic E-state index is 13.2. The zero-order valence-corrected chi connectivity index (χ0v) is 12.9. The summed E-state index contributed by atoms with van der Waals surface area (Å²) in [5.74, 6) is -2.74. The van der Waals surface area contributed by atoms with Gasteiger partial charge in [0, 0.05) is 5.33 Å². The molecule has 0 aliphatic rings. The van der Waals surface area contributed by atoms with Crippen LogP contribution in [0.4, 0.5) is 4.39 Å². The Hall–Kier alpha value is -2.21. The Morgan fingerprint density at radius 1 is 0.955 bits per heavy atom. The molecule has 2 aromatic rings. The molecule has 0 saturated heterocycles. The lowest BCUT2D eigenvalue weighted by Gasteiger charge is -2.11. The monoisotopic (exact) mass is 366 g/mol. The van der Waals surface area contributed by atoms with Crippen LogP contribution < -0.4 is 0 Å². The smallest absolute Gasteiger partial charge is 0.336 e. The zero-order chi connectivity index (χ0) is 16.3. The van der Waals surface area contributed by atoms with Gasteiger partial charge in [0.05, 0.1) is 11.1 Å². The summed E-state index contributed by atoms with van der Waals surface area (Å²) < 4.78 is 13.2. The molecule has 2 aromatic carbocycles. The fraction of sp³-hybridized carbons (Fsp3) is 0.125. The summed E-state index contributed by atoms with van der Waals surface area (Å²) in [6.07, 6.45) is 0.281. The van der Waals surface area contributed by atoms with Crippen molar-refractivity contribution in [2.45, 2.75) is 11.8 Å². The highest BCUT2D eigenvalue weighted by atomic mass is 79.9. The van der Waals surface area contributed by atoms with Crippen molar-refractivity contribution in [1.82, 2.24) is 0 Å². The lowest BCUT2D eigenvalue weighted by Crippen LogP contribution is -2.07. The molecule has 0 aliphatic carbocycles. The number of carboxylic acid groups (broad SMARTS) is 2. The summed E-state index contributed by atoms with van der Waals surface area (Å²) in [6, 6.07) is 8.28.